The van der Waals surface area contributed by atoms with Gasteiger partial charge >= 0.3 is 12.0 Å². The summed E-state index contributed by atoms with van der Waals surface area (Å²) < 4.78 is 4.64. The highest BCUT2D eigenvalue weighted by molar-refractivity contribution is 5.81. The summed E-state index contributed by atoms with van der Waals surface area (Å²) in [6.07, 6.45) is -0.843. The second-order valence-electron chi connectivity index (χ2n) is 3.62. The number of amides is 3. The second-order valence-corrected chi connectivity index (χ2v) is 3.62. The monoisotopic (exact) mass is 245 g/mol. The van der Waals surface area contributed by atoms with Crippen molar-refractivity contribution in [1.29, 1.82) is 0 Å². The first-order valence-corrected chi connectivity index (χ1v) is 5.09. The Kier molecular flexibility index (Phi) is 4.70. The van der Waals surface area contributed by atoms with Gasteiger partial charge in [0.25, 0.3) is 0 Å². The molecule has 2 atom stereocenters. The van der Waals surface area contributed by atoms with Crippen molar-refractivity contribution in [2.24, 2.45) is 0 Å². The molecule has 0 bridgehead atoms. The van der Waals surface area contributed by atoms with Crippen molar-refractivity contribution in [2.75, 3.05) is 20.2 Å². The average Bonchev–Trinajstić information content (AvgIpc) is 2.64. The van der Waals surface area contributed by atoms with Gasteiger partial charge in [-0.1, -0.05) is 0 Å². The third-order valence-electron chi connectivity index (χ3n) is 2.32. The summed E-state index contributed by atoms with van der Waals surface area (Å²) in [6.45, 7) is 0.255. The summed E-state index contributed by atoms with van der Waals surface area (Å²) in [5.41, 5.74) is 0. The summed E-state index contributed by atoms with van der Waals surface area (Å²) in [7, 11) is 1.25. The molecule has 2 unspecified atom stereocenters. The standard InChI is InChI=1S/C9H15N3O5/c1-17-6(8(14)15)4-11-9(16)12-5-2-7(13)10-3-5/h5-6H,2-4H2,1H3,(H,10,13)(H,14,15)(H2,11,12,16). The van der Waals surface area contributed by atoms with Crippen molar-refractivity contribution in [3.63, 3.8) is 0 Å². The summed E-state index contributed by atoms with van der Waals surface area (Å²) in [4.78, 5) is 32.8. The molecule has 0 spiro atoms. The van der Waals surface area contributed by atoms with Crippen molar-refractivity contribution in [3.05, 3.63) is 0 Å². The minimum absolute atomic E-state index is 0.115. The fraction of sp³-hybridized carbons (Fsp3) is 0.667. The molecule has 4 N–H and O–H groups in total. The molecule has 96 valence electrons. The zero-order valence-electron chi connectivity index (χ0n) is 9.36. The molecule has 3 amide bonds. The van der Waals surface area contributed by atoms with Crippen LogP contribution in [0.15, 0.2) is 0 Å². The number of carboxylic acids is 1. The molecule has 8 heteroatoms. The molecule has 1 rings (SSSR count). The van der Waals surface area contributed by atoms with Crippen LogP contribution in [-0.2, 0) is 14.3 Å². The third kappa shape index (κ3) is 4.27. The number of hydrogen-bond acceptors (Lipinski definition) is 4. The van der Waals surface area contributed by atoms with E-state index in [9.17, 15) is 14.4 Å². The lowest BCUT2D eigenvalue weighted by molar-refractivity contribution is -0.148. The van der Waals surface area contributed by atoms with Crippen LogP contribution in [0.4, 0.5) is 4.79 Å². The fourth-order valence-corrected chi connectivity index (χ4v) is 1.40. The van der Waals surface area contributed by atoms with E-state index >= 15 is 0 Å². The first kappa shape index (κ1) is 13.2. The Morgan fingerprint density at radius 3 is 2.82 bits per heavy atom. The van der Waals surface area contributed by atoms with Gasteiger partial charge < -0.3 is 25.8 Å². The highest BCUT2D eigenvalue weighted by Crippen LogP contribution is 1.98. The topological polar surface area (TPSA) is 117 Å². The molecular weight excluding hydrogens is 230 g/mol. The van der Waals surface area contributed by atoms with E-state index in [2.05, 4.69) is 20.7 Å². The van der Waals surface area contributed by atoms with Crippen molar-refractivity contribution < 1.29 is 24.2 Å². The van der Waals surface area contributed by atoms with Crippen molar-refractivity contribution in [2.45, 2.75) is 18.6 Å². The molecule has 1 saturated heterocycles. The van der Waals surface area contributed by atoms with Gasteiger partial charge in [-0.15, -0.1) is 0 Å². The third-order valence-corrected chi connectivity index (χ3v) is 2.32. The zero-order valence-corrected chi connectivity index (χ0v) is 9.36. The number of carbonyl (C=O) groups excluding carboxylic acids is 2. The first-order valence-electron chi connectivity index (χ1n) is 5.09. The van der Waals surface area contributed by atoms with E-state index in [0.717, 1.165) is 0 Å². The predicted molar refractivity (Wildman–Crippen MR) is 56.4 cm³/mol. The van der Waals surface area contributed by atoms with Gasteiger partial charge in [0.2, 0.25) is 5.91 Å². The summed E-state index contributed by atoms with van der Waals surface area (Å²) >= 11 is 0. The van der Waals surface area contributed by atoms with Crippen molar-refractivity contribution in [3.8, 4) is 0 Å². The van der Waals surface area contributed by atoms with Crippen LogP contribution in [-0.4, -0.2) is 55.4 Å². The number of hydrogen-bond donors (Lipinski definition) is 4. The smallest absolute Gasteiger partial charge is 0.334 e. The van der Waals surface area contributed by atoms with E-state index in [1.165, 1.54) is 7.11 Å². The Morgan fingerprint density at radius 1 is 1.65 bits per heavy atom. The molecule has 1 aliphatic rings. The largest absolute Gasteiger partial charge is 0.479 e. The van der Waals surface area contributed by atoms with Crippen LogP contribution in [0.3, 0.4) is 0 Å². The number of carbonyl (C=O) groups is 3. The lowest BCUT2D eigenvalue weighted by Crippen LogP contribution is -2.46. The van der Waals surface area contributed by atoms with E-state index in [-0.39, 0.29) is 24.9 Å². The van der Waals surface area contributed by atoms with Gasteiger partial charge in [-0.3, -0.25) is 4.79 Å². The quantitative estimate of drug-likeness (QED) is 0.459. The molecule has 8 nitrogen and oxygen atoms in total. The van der Waals surface area contributed by atoms with Crippen LogP contribution >= 0.6 is 0 Å². The predicted octanol–water partition coefficient (Wildman–Crippen LogP) is -1.73. The Hall–Kier alpha value is -1.83. The molecule has 0 aromatic rings. The van der Waals surface area contributed by atoms with Crippen LogP contribution in [0.1, 0.15) is 6.42 Å². The van der Waals surface area contributed by atoms with Crippen LogP contribution in [0.2, 0.25) is 0 Å². The SMILES string of the molecule is COC(CNC(=O)NC1CNC(=O)C1)C(=O)O. The van der Waals surface area contributed by atoms with Crippen LogP contribution in [0, 0.1) is 0 Å². The molecular formula is C9H15N3O5. The van der Waals surface area contributed by atoms with Crippen LogP contribution < -0.4 is 16.0 Å². The molecule has 0 aromatic heterocycles. The number of methoxy groups -OCH3 is 1. The lowest BCUT2D eigenvalue weighted by atomic mass is 10.2. The van der Waals surface area contributed by atoms with Gasteiger partial charge in [-0.25, -0.2) is 9.59 Å². The van der Waals surface area contributed by atoms with E-state index in [0.29, 0.717) is 6.54 Å². The number of aliphatic carboxylic acids is 1. The maximum Gasteiger partial charge on any atom is 0.334 e. The molecule has 0 radical (unpaired) electrons. The number of nitrogens with one attached hydrogen (secondary N) is 3. The van der Waals surface area contributed by atoms with E-state index in [4.69, 9.17) is 5.11 Å². The van der Waals surface area contributed by atoms with E-state index in [1.807, 2.05) is 0 Å². The van der Waals surface area contributed by atoms with Gasteiger partial charge in [0.15, 0.2) is 6.10 Å². The fourth-order valence-electron chi connectivity index (χ4n) is 1.40. The van der Waals surface area contributed by atoms with Crippen LogP contribution in [0.5, 0.6) is 0 Å². The van der Waals surface area contributed by atoms with Gasteiger partial charge in [0.05, 0.1) is 12.6 Å². The Morgan fingerprint density at radius 2 is 2.35 bits per heavy atom. The zero-order chi connectivity index (χ0) is 12.8. The van der Waals surface area contributed by atoms with Gasteiger partial charge in [-0.2, -0.15) is 0 Å². The van der Waals surface area contributed by atoms with Gasteiger partial charge in [0, 0.05) is 20.1 Å². The number of rotatable bonds is 5. The normalized spacial score (nSPS) is 20.5. The van der Waals surface area contributed by atoms with Crippen molar-refractivity contribution >= 4 is 17.9 Å². The molecule has 0 aliphatic carbocycles. The summed E-state index contributed by atoms with van der Waals surface area (Å²) in [5.74, 6) is -1.26. The van der Waals surface area contributed by atoms with E-state index < -0.39 is 18.1 Å². The summed E-state index contributed by atoms with van der Waals surface area (Å²) in [6, 6.07) is -0.775. The Bertz CT molecular complexity index is 320. The number of carboxylic acid groups (broad SMARTS) is 1. The van der Waals surface area contributed by atoms with Gasteiger partial charge in [0.1, 0.15) is 0 Å². The molecule has 1 aliphatic heterocycles. The highest BCUT2D eigenvalue weighted by Gasteiger charge is 2.23. The highest BCUT2D eigenvalue weighted by atomic mass is 16.5. The average molecular weight is 245 g/mol. The molecule has 0 aromatic carbocycles. The minimum atomic E-state index is -1.15. The van der Waals surface area contributed by atoms with Crippen molar-refractivity contribution in [1.82, 2.24) is 16.0 Å². The lowest BCUT2D eigenvalue weighted by Gasteiger charge is -2.14. The molecule has 0 saturated carbocycles. The maximum absolute atomic E-state index is 11.3. The first-order chi connectivity index (χ1) is 8.02. The number of urea groups is 1. The Labute approximate surface area is 97.7 Å². The minimum Gasteiger partial charge on any atom is -0.479 e. The number of ether oxygens (including phenoxy) is 1. The Balaban J connectivity index is 2.25. The summed E-state index contributed by atoms with van der Waals surface area (Å²) in [5, 5.41) is 16.1. The maximum atomic E-state index is 11.3. The molecule has 17 heavy (non-hydrogen) atoms. The molecule has 1 heterocycles. The van der Waals surface area contributed by atoms with Gasteiger partial charge in [-0.05, 0) is 0 Å². The molecule has 1 fully saturated rings. The van der Waals surface area contributed by atoms with E-state index in [1.54, 1.807) is 0 Å². The second kappa shape index (κ2) is 6.04. The van der Waals surface area contributed by atoms with Crippen LogP contribution in [0.25, 0.3) is 0 Å².